The molecule has 4 heterocycles. The van der Waals surface area contributed by atoms with Crippen LogP contribution in [-0.2, 0) is 22.7 Å². The second-order valence-electron chi connectivity index (χ2n) is 14.2. The number of pyridine rings is 1. The molecule has 2 aliphatic heterocycles. The summed E-state index contributed by atoms with van der Waals surface area (Å²) >= 11 is 21.0. The fourth-order valence-electron chi connectivity index (χ4n) is 7.26. The number of ether oxygens (including phenoxy) is 1. The van der Waals surface area contributed by atoms with Gasteiger partial charge in [-0.3, -0.25) is 23.7 Å². The number of carboxylic acid groups (broad SMARTS) is 1. The van der Waals surface area contributed by atoms with Gasteiger partial charge in [0.05, 0.1) is 28.5 Å². The van der Waals surface area contributed by atoms with Gasteiger partial charge in [-0.2, -0.15) is 5.26 Å². The standard InChI is InChI=1S/C43H39Cl3N6O5/c44-36-18-30(25-51-15-12-29(24-51)43(55)56)37(57-17-3-14-47)19-28(36)9-8-26-4-1-6-34(40(26)45)35-7-2-5-33(41(35)46)27-13-16-52-38(20-27)49-22-31(42(52)54)21-48-23-32-10-11-39(53)50-32/h1-2,4-9,13,16,18-20,22,29,32,48H,3,10-12,15,17,21,23-25H2,(H,50,53)(H,55,56)/b9-8+/t29-,32-/m1/s1. The Hall–Kier alpha value is -5.22. The lowest BCUT2D eigenvalue weighted by Gasteiger charge is -2.19. The lowest BCUT2D eigenvalue weighted by atomic mass is 9.97. The number of benzene rings is 3. The SMILES string of the molecule is N#CCCOc1cc(/C=C/c2cccc(-c3cccc(-c4ccn5c(=O)c(CNC[C@H]6CCC(=O)N6)cnc5c4)c3Cl)c2Cl)c(Cl)cc1CN1CC[C@@H](C(=O)O)C1. The van der Waals surface area contributed by atoms with Crippen molar-refractivity contribution >= 4 is 64.5 Å². The van der Waals surface area contributed by atoms with E-state index < -0.39 is 11.9 Å². The molecule has 0 saturated carbocycles. The number of carboxylic acids is 1. The van der Waals surface area contributed by atoms with Gasteiger partial charge in [0.15, 0.2) is 0 Å². The van der Waals surface area contributed by atoms with Gasteiger partial charge >= 0.3 is 5.97 Å². The van der Waals surface area contributed by atoms with Gasteiger partial charge in [0.25, 0.3) is 5.56 Å². The highest BCUT2D eigenvalue weighted by molar-refractivity contribution is 6.39. The van der Waals surface area contributed by atoms with E-state index in [0.29, 0.717) is 83.2 Å². The minimum absolute atomic E-state index is 0.0506. The molecule has 5 aromatic rings. The van der Waals surface area contributed by atoms with Crippen LogP contribution in [0.5, 0.6) is 5.75 Å². The predicted octanol–water partition coefficient (Wildman–Crippen LogP) is 7.73. The molecular weight excluding hydrogens is 787 g/mol. The highest BCUT2D eigenvalue weighted by Crippen LogP contribution is 2.41. The Morgan fingerprint density at radius 3 is 2.53 bits per heavy atom. The number of hydrogen-bond donors (Lipinski definition) is 3. The largest absolute Gasteiger partial charge is 0.492 e. The third-order valence-corrected chi connectivity index (χ3v) is 11.5. The summed E-state index contributed by atoms with van der Waals surface area (Å²) in [6.07, 6.45) is 9.08. The van der Waals surface area contributed by atoms with Crippen LogP contribution >= 0.6 is 34.8 Å². The molecule has 0 aliphatic carbocycles. The summed E-state index contributed by atoms with van der Waals surface area (Å²) in [6.45, 7) is 2.69. The van der Waals surface area contributed by atoms with Crippen LogP contribution in [0.1, 0.15) is 47.9 Å². The van der Waals surface area contributed by atoms with E-state index in [2.05, 4.69) is 26.6 Å². The number of fused-ring (bicyclic) bond motifs is 1. The second-order valence-corrected chi connectivity index (χ2v) is 15.3. The van der Waals surface area contributed by atoms with Gasteiger partial charge in [-0.1, -0.05) is 83.4 Å². The molecular formula is C43H39Cl3N6O5. The Morgan fingerprint density at radius 1 is 1.00 bits per heavy atom. The third-order valence-electron chi connectivity index (χ3n) is 10.3. The summed E-state index contributed by atoms with van der Waals surface area (Å²) in [5.74, 6) is -0.576. The van der Waals surface area contributed by atoms with Gasteiger partial charge in [-0.05, 0) is 60.3 Å². The number of amides is 1. The first-order valence-corrected chi connectivity index (χ1v) is 19.8. The molecule has 0 bridgehead atoms. The molecule has 292 valence electrons. The number of nitriles is 1. The molecule has 2 aliphatic rings. The van der Waals surface area contributed by atoms with Crippen LogP contribution < -0.4 is 20.9 Å². The maximum Gasteiger partial charge on any atom is 0.307 e. The van der Waals surface area contributed by atoms with Crippen molar-refractivity contribution < 1.29 is 19.4 Å². The van der Waals surface area contributed by atoms with E-state index in [-0.39, 0.29) is 30.5 Å². The Kier molecular flexibility index (Phi) is 12.6. The van der Waals surface area contributed by atoms with Crippen LogP contribution in [0.3, 0.4) is 0 Å². The molecule has 0 radical (unpaired) electrons. The van der Waals surface area contributed by atoms with E-state index in [1.807, 2.05) is 72.8 Å². The summed E-state index contributed by atoms with van der Waals surface area (Å²) in [5, 5.41) is 26.2. The number of rotatable bonds is 14. The zero-order valence-electron chi connectivity index (χ0n) is 30.8. The molecule has 7 rings (SSSR count). The van der Waals surface area contributed by atoms with Gasteiger partial charge < -0.3 is 20.5 Å². The van der Waals surface area contributed by atoms with Crippen LogP contribution in [0, 0.1) is 17.2 Å². The van der Waals surface area contributed by atoms with Crippen molar-refractivity contribution in [3.05, 3.63) is 121 Å². The highest BCUT2D eigenvalue weighted by Gasteiger charge is 2.28. The molecule has 57 heavy (non-hydrogen) atoms. The topological polar surface area (TPSA) is 149 Å². The van der Waals surface area contributed by atoms with Crippen molar-refractivity contribution in [1.29, 1.82) is 5.26 Å². The number of carbonyl (C=O) groups excluding carboxylic acids is 1. The molecule has 2 aromatic heterocycles. The fraction of sp³-hybridized carbons (Fsp3) is 0.279. The van der Waals surface area contributed by atoms with E-state index in [0.717, 1.165) is 39.8 Å². The summed E-state index contributed by atoms with van der Waals surface area (Å²) in [7, 11) is 0. The first-order chi connectivity index (χ1) is 27.6. The van der Waals surface area contributed by atoms with Crippen molar-refractivity contribution in [2.24, 2.45) is 5.92 Å². The first kappa shape index (κ1) is 40.0. The lowest BCUT2D eigenvalue weighted by Crippen LogP contribution is -2.36. The molecule has 0 spiro atoms. The minimum Gasteiger partial charge on any atom is -0.492 e. The van der Waals surface area contributed by atoms with Crippen LogP contribution in [-0.4, -0.2) is 63.6 Å². The van der Waals surface area contributed by atoms with Crippen molar-refractivity contribution in [2.45, 2.75) is 44.8 Å². The average molecular weight is 826 g/mol. The molecule has 3 aromatic carbocycles. The molecule has 2 saturated heterocycles. The van der Waals surface area contributed by atoms with E-state index in [4.69, 9.17) is 44.8 Å². The van der Waals surface area contributed by atoms with Crippen LogP contribution in [0.4, 0.5) is 0 Å². The molecule has 1 amide bonds. The number of nitrogens with zero attached hydrogens (tertiary/aromatic N) is 4. The normalized spacial score (nSPS) is 17.0. The van der Waals surface area contributed by atoms with Gasteiger partial charge in [-0.25, -0.2) is 4.98 Å². The highest BCUT2D eigenvalue weighted by atomic mass is 35.5. The third kappa shape index (κ3) is 9.17. The maximum absolute atomic E-state index is 13.3. The second kappa shape index (κ2) is 17.9. The zero-order valence-corrected chi connectivity index (χ0v) is 33.1. The van der Waals surface area contributed by atoms with E-state index in [1.54, 1.807) is 12.4 Å². The molecule has 2 fully saturated rings. The zero-order chi connectivity index (χ0) is 40.1. The summed E-state index contributed by atoms with van der Waals surface area (Å²) in [4.78, 5) is 42.9. The van der Waals surface area contributed by atoms with Gasteiger partial charge in [0, 0.05) is 83.9 Å². The van der Waals surface area contributed by atoms with Crippen LogP contribution in [0.15, 0.2) is 77.9 Å². The summed E-state index contributed by atoms with van der Waals surface area (Å²) in [6, 6.07) is 20.9. The number of likely N-dealkylation sites (tertiary alicyclic amines) is 1. The Labute approximate surface area is 344 Å². The van der Waals surface area contributed by atoms with Crippen LogP contribution in [0.25, 0.3) is 40.1 Å². The maximum atomic E-state index is 13.3. The first-order valence-electron chi connectivity index (χ1n) is 18.6. The monoisotopic (exact) mass is 824 g/mol. The number of aromatic nitrogens is 2. The number of halogens is 3. The predicted molar refractivity (Wildman–Crippen MR) is 222 cm³/mol. The Balaban J connectivity index is 1.11. The molecule has 3 N–H and O–H groups in total. The van der Waals surface area contributed by atoms with Crippen molar-refractivity contribution in [3.63, 3.8) is 0 Å². The quantitative estimate of drug-likeness (QED) is 0.0756. The van der Waals surface area contributed by atoms with Crippen molar-refractivity contribution in [3.8, 4) is 34.1 Å². The number of carbonyl (C=O) groups is 2. The number of aliphatic carboxylic acids is 1. The van der Waals surface area contributed by atoms with E-state index in [1.165, 1.54) is 4.40 Å². The average Bonchev–Trinajstić information content (AvgIpc) is 3.85. The number of nitrogens with one attached hydrogen (secondary N) is 2. The summed E-state index contributed by atoms with van der Waals surface area (Å²) < 4.78 is 7.51. The molecule has 0 unspecified atom stereocenters. The summed E-state index contributed by atoms with van der Waals surface area (Å²) in [5.41, 5.74) is 6.02. The fourth-order valence-corrected chi connectivity index (χ4v) is 8.14. The van der Waals surface area contributed by atoms with Gasteiger partial charge in [0.2, 0.25) is 5.91 Å². The molecule has 2 atom stereocenters. The molecule has 14 heteroatoms. The smallest absolute Gasteiger partial charge is 0.307 e. The molecule has 11 nitrogen and oxygen atoms in total. The van der Waals surface area contributed by atoms with Crippen molar-refractivity contribution in [2.75, 3.05) is 26.2 Å². The van der Waals surface area contributed by atoms with Gasteiger partial charge in [0.1, 0.15) is 18.0 Å². The van der Waals surface area contributed by atoms with Crippen LogP contribution in [0.2, 0.25) is 15.1 Å². The van der Waals surface area contributed by atoms with E-state index in [9.17, 15) is 19.5 Å². The minimum atomic E-state index is -0.797. The Morgan fingerprint density at radius 2 is 1.77 bits per heavy atom. The Bertz CT molecular complexity index is 2480. The lowest BCUT2D eigenvalue weighted by molar-refractivity contribution is -0.141. The number of hydrogen-bond acceptors (Lipinski definition) is 8. The van der Waals surface area contributed by atoms with Crippen molar-refractivity contribution in [1.82, 2.24) is 24.9 Å². The van der Waals surface area contributed by atoms with E-state index >= 15 is 0 Å². The van der Waals surface area contributed by atoms with Gasteiger partial charge in [-0.15, -0.1) is 0 Å².